The van der Waals surface area contributed by atoms with Gasteiger partial charge in [0.15, 0.2) is 0 Å². The van der Waals surface area contributed by atoms with Crippen LogP contribution in [0.5, 0.6) is 0 Å². The van der Waals surface area contributed by atoms with Crippen LogP contribution in [0.3, 0.4) is 0 Å². The van der Waals surface area contributed by atoms with Crippen molar-refractivity contribution in [1.29, 1.82) is 0 Å². The van der Waals surface area contributed by atoms with Gasteiger partial charge in [-0.3, -0.25) is 14.2 Å². The molecule has 49 heavy (non-hydrogen) atoms. The molecule has 0 fully saturated rings. The molecular weight excluding hydrogens is 635 g/mol. The van der Waals surface area contributed by atoms with E-state index in [1.54, 1.807) is 12.1 Å². The van der Waals surface area contributed by atoms with Crippen molar-refractivity contribution in [2.24, 2.45) is 5.41 Å². The first-order valence-corrected chi connectivity index (χ1v) is 19.1. The highest BCUT2D eigenvalue weighted by atomic mass is 32.2. The van der Waals surface area contributed by atoms with Crippen molar-refractivity contribution in [2.75, 3.05) is 31.1 Å². The molecule has 8 nitrogen and oxygen atoms in total. The highest BCUT2D eigenvalue weighted by Gasteiger charge is 2.40. The number of nitrogens with zero attached hydrogens (tertiary/aromatic N) is 2. The van der Waals surface area contributed by atoms with E-state index in [-0.39, 0.29) is 22.3 Å². The number of fused-ring (bicyclic) bond motifs is 2. The predicted octanol–water partition coefficient (Wildman–Crippen LogP) is 8.14. The van der Waals surface area contributed by atoms with Gasteiger partial charge in [0.1, 0.15) is 11.5 Å². The van der Waals surface area contributed by atoms with E-state index >= 15 is 0 Å². The SMILES string of the molecule is CCNC(=O)CCCCCN1C(=CC=CC=CC2=C3C=CC(N(CC)CC)C=C3OC(C(C)(C)C)=C2)C(C)(C)c2cc(S(=O)(=O)O)ccc21. The Morgan fingerprint density at radius 3 is 2.47 bits per heavy atom. The predicted molar refractivity (Wildman–Crippen MR) is 200 cm³/mol. The minimum atomic E-state index is -4.34. The number of nitrogens with one attached hydrogen (secondary N) is 1. The highest BCUT2D eigenvalue weighted by molar-refractivity contribution is 7.85. The molecule has 0 bridgehead atoms. The average Bonchev–Trinajstić information content (AvgIpc) is 3.25. The van der Waals surface area contributed by atoms with Crippen LogP contribution in [0.25, 0.3) is 0 Å². The van der Waals surface area contributed by atoms with Gasteiger partial charge in [-0.25, -0.2) is 0 Å². The molecule has 0 radical (unpaired) electrons. The average molecular weight is 690 g/mol. The molecule has 1 atom stereocenters. The Morgan fingerprint density at radius 2 is 1.82 bits per heavy atom. The van der Waals surface area contributed by atoms with E-state index in [0.29, 0.717) is 13.0 Å². The summed E-state index contributed by atoms with van der Waals surface area (Å²) in [5, 5.41) is 2.85. The number of unbranched alkanes of at least 4 members (excludes halogenated alkanes) is 2. The molecule has 1 unspecified atom stereocenters. The Morgan fingerprint density at radius 1 is 1.08 bits per heavy atom. The highest BCUT2D eigenvalue weighted by Crippen LogP contribution is 2.48. The van der Waals surface area contributed by atoms with Crippen molar-refractivity contribution in [2.45, 2.75) is 97.4 Å². The first kappa shape index (κ1) is 38.1. The molecule has 1 amide bonds. The van der Waals surface area contributed by atoms with Crippen LogP contribution >= 0.6 is 0 Å². The first-order valence-electron chi connectivity index (χ1n) is 17.6. The van der Waals surface area contributed by atoms with Crippen LogP contribution in [0, 0.1) is 5.41 Å². The monoisotopic (exact) mass is 689 g/mol. The smallest absolute Gasteiger partial charge is 0.294 e. The number of anilines is 1. The molecule has 266 valence electrons. The van der Waals surface area contributed by atoms with Crippen LogP contribution in [0.1, 0.15) is 86.6 Å². The number of hydrogen-bond acceptors (Lipinski definition) is 6. The molecule has 1 aromatic carbocycles. The molecule has 2 heterocycles. The number of carbonyl (C=O) groups excluding carboxylic acids is 1. The number of carbonyl (C=O) groups is 1. The van der Waals surface area contributed by atoms with E-state index < -0.39 is 15.5 Å². The van der Waals surface area contributed by atoms with Gasteiger partial charge in [-0.05, 0) is 80.4 Å². The van der Waals surface area contributed by atoms with E-state index in [9.17, 15) is 17.8 Å². The lowest BCUT2D eigenvalue weighted by atomic mass is 9.83. The Kier molecular flexibility index (Phi) is 12.4. The van der Waals surface area contributed by atoms with Crippen molar-refractivity contribution in [3.05, 3.63) is 107 Å². The molecule has 4 rings (SSSR count). The molecule has 2 N–H and O–H groups in total. The summed E-state index contributed by atoms with van der Waals surface area (Å²) in [4.78, 5) is 16.4. The molecule has 0 saturated heterocycles. The minimum Gasteiger partial charge on any atom is -0.461 e. The molecule has 0 spiro atoms. The van der Waals surface area contributed by atoms with Crippen molar-refractivity contribution < 1.29 is 22.5 Å². The van der Waals surface area contributed by atoms with Crippen LogP contribution in [0.15, 0.2) is 106 Å². The summed E-state index contributed by atoms with van der Waals surface area (Å²) in [6.45, 7) is 20.2. The molecule has 0 aromatic heterocycles. The molecule has 2 aliphatic heterocycles. The molecule has 9 heteroatoms. The third kappa shape index (κ3) is 9.12. The standard InChI is InChI=1S/C40H55N3O5S/c1-9-41-38(44)20-16-13-17-25-43-34-24-22-31(49(45,46)47)28-33(34)40(7,8)36(43)19-15-12-14-18-29-26-37(39(4,5)6)48-35-27-30(21-23-32(29)35)42(10-2)11-3/h12,14-15,18-19,21-24,26-28,30H,9-11,13,16-17,20,25H2,1-8H3,(H,41,44)(H,45,46,47). The molecule has 1 aliphatic carbocycles. The Balaban J connectivity index is 1.61. The second-order valence-electron chi connectivity index (χ2n) is 14.3. The Bertz CT molecular complexity index is 1710. The summed E-state index contributed by atoms with van der Waals surface area (Å²) in [6, 6.07) is 5.03. The summed E-state index contributed by atoms with van der Waals surface area (Å²) in [7, 11) is -4.34. The number of hydrogen-bond donors (Lipinski definition) is 2. The summed E-state index contributed by atoms with van der Waals surface area (Å²) >= 11 is 0. The summed E-state index contributed by atoms with van der Waals surface area (Å²) in [5.74, 6) is 1.90. The number of ether oxygens (including phenoxy) is 1. The second-order valence-corrected chi connectivity index (χ2v) is 15.7. The third-order valence-electron chi connectivity index (χ3n) is 9.41. The van der Waals surface area contributed by atoms with Gasteiger partial charge in [0, 0.05) is 47.3 Å². The fourth-order valence-electron chi connectivity index (χ4n) is 6.60. The van der Waals surface area contributed by atoms with Crippen molar-refractivity contribution >= 4 is 21.7 Å². The number of amides is 1. The van der Waals surface area contributed by atoms with Crippen molar-refractivity contribution in [3.63, 3.8) is 0 Å². The summed E-state index contributed by atoms with van der Waals surface area (Å²) < 4.78 is 40.3. The van der Waals surface area contributed by atoms with Gasteiger partial charge < -0.3 is 15.0 Å². The minimum absolute atomic E-state index is 0.0738. The molecular formula is C40H55N3O5S. The zero-order valence-electron chi connectivity index (χ0n) is 30.5. The normalized spacial score (nSPS) is 19.8. The van der Waals surface area contributed by atoms with E-state index in [2.05, 4.69) is 100 Å². The zero-order chi connectivity index (χ0) is 36.0. The van der Waals surface area contributed by atoms with E-state index in [4.69, 9.17) is 4.74 Å². The molecule has 3 aliphatic rings. The van der Waals surface area contributed by atoms with Gasteiger partial charge in [-0.15, -0.1) is 0 Å². The van der Waals surface area contributed by atoms with Crippen LogP contribution < -0.4 is 10.2 Å². The van der Waals surface area contributed by atoms with Gasteiger partial charge in [-0.2, -0.15) is 8.42 Å². The van der Waals surface area contributed by atoms with Crippen LogP contribution in [0.4, 0.5) is 5.69 Å². The lowest BCUT2D eigenvalue weighted by molar-refractivity contribution is -0.121. The topological polar surface area (TPSA) is 99.2 Å². The van der Waals surface area contributed by atoms with E-state index in [1.165, 1.54) is 6.07 Å². The number of allylic oxidation sites excluding steroid dienone is 10. The maximum Gasteiger partial charge on any atom is 0.294 e. The fraction of sp³-hybridized carbons (Fsp3) is 0.475. The summed E-state index contributed by atoms with van der Waals surface area (Å²) in [6.07, 6.45) is 22.1. The lowest BCUT2D eigenvalue weighted by Gasteiger charge is -2.33. The maximum absolute atomic E-state index is 12.0. The third-order valence-corrected chi connectivity index (χ3v) is 10.3. The van der Waals surface area contributed by atoms with Crippen molar-refractivity contribution in [3.8, 4) is 0 Å². The van der Waals surface area contributed by atoms with Crippen molar-refractivity contribution in [1.82, 2.24) is 10.2 Å². The maximum atomic E-state index is 12.0. The van der Waals surface area contributed by atoms with Gasteiger partial charge >= 0.3 is 0 Å². The van der Waals surface area contributed by atoms with Crippen LogP contribution in [-0.2, 0) is 25.1 Å². The Hall–Kier alpha value is -3.66. The Labute approximate surface area is 294 Å². The molecule has 0 saturated carbocycles. The quantitative estimate of drug-likeness (QED) is 0.116. The largest absolute Gasteiger partial charge is 0.461 e. The summed E-state index contributed by atoms with van der Waals surface area (Å²) in [5.41, 5.74) is 4.32. The van der Waals surface area contributed by atoms with Crippen LogP contribution in [-0.4, -0.2) is 56.0 Å². The van der Waals surface area contributed by atoms with Gasteiger partial charge in [0.25, 0.3) is 10.1 Å². The number of likely N-dealkylation sites (N-methyl/N-ethyl adjacent to an activating group) is 1. The van der Waals surface area contributed by atoms with Gasteiger partial charge in [0.05, 0.1) is 10.9 Å². The first-order chi connectivity index (χ1) is 23.1. The second kappa shape index (κ2) is 15.9. The van der Waals surface area contributed by atoms with E-state index in [1.807, 2.05) is 25.2 Å². The fourth-order valence-corrected chi connectivity index (χ4v) is 7.10. The van der Waals surface area contributed by atoms with Crippen LogP contribution in [0.2, 0.25) is 0 Å². The van der Waals surface area contributed by atoms with Gasteiger partial charge in [-0.1, -0.05) is 91.3 Å². The zero-order valence-corrected chi connectivity index (χ0v) is 31.4. The molecule has 1 aromatic rings. The van der Waals surface area contributed by atoms with E-state index in [0.717, 1.165) is 78.5 Å². The van der Waals surface area contributed by atoms with Gasteiger partial charge in [0.2, 0.25) is 5.91 Å². The lowest BCUT2D eigenvalue weighted by Crippen LogP contribution is -2.34. The number of benzene rings is 1. The number of rotatable bonds is 14.